The number of benzene rings is 1. The zero-order chi connectivity index (χ0) is 15.4. The fourth-order valence-corrected chi connectivity index (χ4v) is 2.36. The number of aliphatic hydroxyl groups excluding tert-OH is 2. The minimum absolute atomic E-state index is 0.298. The van der Waals surface area contributed by atoms with Crippen molar-refractivity contribution in [2.45, 2.75) is 30.7 Å². The first kappa shape index (κ1) is 16.0. The molecule has 5 atom stereocenters. The van der Waals surface area contributed by atoms with Crippen molar-refractivity contribution in [3.8, 4) is 5.75 Å². The van der Waals surface area contributed by atoms with Crippen molar-refractivity contribution in [2.24, 2.45) is 0 Å². The molecule has 1 aliphatic rings. The fourth-order valence-electron chi connectivity index (χ4n) is 2.36. The summed E-state index contributed by atoms with van der Waals surface area (Å²) in [5.74, 6) is 0.524. The standard InChI is InChI=1S/C14H21NO6/c1-18-12-10(7-16)21-14(13(19-2)11(12)17)20-9-5-3-8(15)4-6-9/h3-6,10-14,16-17H,7,15H2,1-2H3/t10-,11+,12+,13-,14-/m1/s1. The minimum Gasteiger partial charge on any atom is -0.462 e. The van der Waals surface area contributed by atoms with E-state index in [-0.39, 0.29) is 6.61 Å². The van der Waals surface area contributed by atoms with E-state index < -0.39 is 30.7 Å². The quantitative estimate of drug-likeness (QED) is 0.644. The molecule has 0 bridgehead atoms. The van der Waals surface area contributed by atoms with E-state index in [1.54, 1.807) is 24.3 Å². The van der Waals surface area contributed by atoms with Crippen LogP contribution in [-0.4, -0.2) is 61.7 Å². The predicted molar refractivity (Wildman–Crippen MR) is 74.8 cm³/mol. The third kappa shape index (κ3) is 3.45. The molecule has 1 aromatic carbocycles. The Balaban J connectivity index is 2.14. The number of hydrogen-bond acceptors (Lipinski definition) is 7. The average molecular weight is 299 g/mol. The largest absolute Gasteiger partial charge is 0.462 e. The van der Waals surface area contributed by atoms with Crippen LogP contribution in [0.2, 0.25) is 0 Å². The molecule has 118 valence electrons. The van der Waals surface area contributed by atoms with Crippen molar-refractivity contribution >= 4 is 5.69 Å². The highest BCUT2D eigenvalue weighted by Gasteiger charge is 2.46. The summed E-state index contributed by atoms with van der Waals surface area (Å²) in [6.45, 7) is -0.298. The van der Waals surface area contributed by atoms with Crippen molar-refractivity contribution in [3.63, 3.8) is 0 Å². The molecule has 0 spiro atoms. The van der Waals surface area contributed by atoms with Crippen LogP contribution in [0.4, 0.5) is 5.69 Å². The summed E-state index contributed by atoms with van der Waals surface area (Å²) in [5.41, 5.74) is 6.23. The Morgan fingerprint density at radius 1 is 1.14 bits per heavy atom. The lowest BCUT2D eigenvalue weighted by Gasteiger charge is -2.42. The summed E-state index contributed by atoms with van der Waals surface area (Å²) in [5, 5.41) is 19.6. The lowest BCUT2D eigenvalue weighted by atomic mass is 9.99. The number of hydrogen-bond donors (Lipinski definition) is 3. The molecule has 7 heteroatoms. The number of aliphatic hydroxyl groups is 2. The van der Waals surface area contributed by atoms with E-state index in [0.29, 0.717) is 11.4 Å². The molecule has 2 rings (SSSR count). The Labute approximate surface area is 123 Å². The first-order chi connectivity index (χ1) is 10.1. The number of methoxy groups -OCH3 is 2. The van der Waals surface area contributed by atoms with Gasteiger partial charge in [0.2, 0.25) is 6.29 Å². The second-order valence-electron chi connectivity index (χ2n) is 4.80. The molecule has 1 saturated heterocycles. The van der Waals surface area contributed by atoms with Crippen molar-refractivity contribution in [3.05, 3.63) is 24.3 Å². The summed E-state index contributed by atoms with van der Waals surface area (Å²) < 4.78 is 21.7. The number of rotatable bonds is 5. The molecular weight excluding hydrogens is 278 g/mol. The predicted octanol–water partition coefficient (Wildman–Crippen LogP) is -0.244. The summed E-state index contributed by atoms with van der Waals surface area (Å²) in [6.07, 6.45) is -3.97. The first-order valence-corrected chi connectivity index (χ1v) is 6.63. The molecule has 1 aliphatic heterocycles. The molecule has 0 radical (unpaired) electrons. The maximum Gasteiger partial charge on any atom is 0.229 e. The van der Waals surface area contributed by atoms with Gasteiger partial charge in [0.1, 0.15) is 30.2 Å². The Kier molecular flexibility index (Phi) is 5.38. The van der Waals surface area contributed by atoms with Crippen LogP contribution in [0.15, 0.2) is 24.3 Å². The number of nitrogen functional groups attached to an aromatic ring is 1. The Morgan fingerprint density at radius 2 is 1.76 bits per heavy atom. The molecule has 4 N–H and O–H groups in total. The van der Waals surface area contributed by atoms with Gasteiger partial charge in [-0.05, 0) is 24.3 Å². The van der Waals surface area contributed by atoms with Gasteiger partial charge in [-0.3, -0.25) is 0 Å². The molecule has 7 nitrogen and oxygen atoms in total. The molecule has 1 heterocycles. The number of ether oxygens (including phenoxy) is 4. The van der Waals surface area contributed by atoms with E-state index in [4.69, 9.17) is 24.7 Å². The molecule has 0 saturated carbocycles. The van der Waals surface area contributed by atoms with E-state index in [1.807, 2.05) is 0 Å². The van der Waals surface area contributed by atoms with Gasteiger partial charge < -0.3 is 34.9 Å². The highest BCUT2D eigenvalue weighted by Crippen LogP contribution is 2.27. The van der Waals surface area contributed by atoms with Gasteiger partial charge in [-0.1, -0.05) is 0 Å². The first-order valence-electron chi connectivity index (χ1n) is 6.63. The van der Waals surface area contributed by atoms with E-state index >= 15 is 0 Å². The van der Waals surface area contributed by atoms with E-state index in [1.165, 1.54) is 14.2 Å². The maximum atomic E-state index is 10.3. The zero-order valence-corrected chi connectivity index (χ0v) is 12.0. The molecule has 21 heavy (non-hydrogen) atoms. The topological polar surface area (TPSA) is 103 Å². The van der Waals surface area contributed by atoms with E-state index in [2.05, 4.69) is 0 Å². The van der Waals surface area contributed by atoms with Crippen molar-refractivity contribution < 1.29 is 29.2 Å². The SMILES string of the molecule is CO[C@@H]1[C@H](O)[C@@H](OC)[C@H](Oc2ccc(N)cc2)O[C@@H]1CO. The smallest absolute Gasteiger partial charge is 0.229 e. The highest BCUT2D eigenvalue weighted by atomic mass is 16.7. The number of nitrogens with two attached hydrogens (primary N) is 1. The van der Waals surface area contributed by atoms with Crippen LogP contribution in [-0.2, 0) is 14.2 Å². The Morgan fingerprint density at radius 3 is 2.29 bits per heavy atom. The fraction of sp³-hybridized carbons (Fsp3) is 0.571. The lowest BCUT2D eigenvalue weighted by Crippen LogP contribution is -2.61. The zero-order valence-electron chi connectivity index (χ0n) is 12.0. The van der Waals surface area contributed by atoms with Gasteiger partial charge in [-0.2, -0.15) is 0 Å². The van der Waals surface area contributed by atoms with Crippen LogP contribution in [0.25, 0.3) is 0 Å². The maximum absolute atomic E-state index is 10.3. The van der Waals surface area contributed by atoms with Crippen molar-refractivity contribution in [1.29, 1.82) is 0 Å². The van der Waals surface area contributed by atoms with Gasteiger partial charge in [0.15, 0.2) is 0 Å². The highest BCUT2D eigenvalue weighted by molar-refractivity contribution is 5.41. The van der Waals surface area contributed by atoms with Gasteiger partial charge in [-0.25, -0.2) is 0 Å². The molecule has 1 fully saturated rings. The van der Waals surface area contributed by atoms with Gasteiger partial charge in [0.05, 0.1) is 6.61 Å². The van der Waals surface area contributed by atoms with Gasteiger partial charge in [-0.15, -0.1) is 0 Å². The molecule has 0 amide bonds. The molecule has 0 unspecified atom stereocenters. The van der Waals surface area contributed by atoms with Gasteiger partial charge in [0.25, 0.3) is 0 Å². The van der Waals surface area contributed by atoms with Crippen LogP contribution in [0.3, 0.4) is 0 Å². The van der Waals surface area contributed by atoms with Gasteiger partial charge >= 0.3 is 0 Å². The van der Waals surface area contributed by atoms with Crippen molar-refractivity contribution in [1.82, 2.24) is 0 Å². The molecule has 0 aromatic heterocycles. The minimum atomic E-state index is -0.982. The van der Waals surface area contributed by atoms with Crippen LogP contribution in [0.5, 0.6) is 5.75 Å². The summed E-state index contributed by atoms with van der Waals surface area (Å²) in [7, 11) is 2.89. The lowest BCUT2D eigenvalue weighted by molar-refractivity contribution is -0.287. The number of anilines is 1. The third-order valence-corrected chi connectivity index (χ3v) is 3.47. The van der Waals surface area contributed by atoms with Crippen LogP contribution in [0, 0.1) is 0 Å². The second kappa shape index (κ2) is 7.06. The summed E-state index contributed by atoms with van der Waals surface area (Å²) in [4.78, 5) is 0. The molecular formula is C14H21NO6. The van der Waals surface area contributed by atoms with E-state index in [0.717, 1.165) is 0 Å². The summed E-state index contributed by atoms with van der Waals surface area (Å²) in [6, 6.07) is 6.76. The Bertz CT molecular complexity index is 440. The van der Waals surface area contributed by atoms with Crippen LogP contribution < -0.4 is 10.5 Å². The second-order valence-corrected chi connectivity index (χ2v) is 4.80. The molecule has 1 aromatic rings. The third-order valence-electron chi connectivity index (χ3n) is 3.47. The van der Waals surface area contributed by atoms with Crippen LogP contribution in [0.1, 0.15) is 0 Å². The monoisotopic (exact) mass is 299 g/mol. The average Bonchev–Trinajstić information content (AvgIpc) is 2.49. The van der Waals surface area contributed by atoms with Crippen LogP contribution >= 0.6 is 0 Å². The normalized spacial score (nSPS) is 32.9. The van der Waals surface area contributed by atoms with E-state index in [9.17, 15) is 10.2 Å². The Hall–Kier alpha value is -1.38. The molecule has 0 aliphatic carbocycles. The summed E-state index contributed by atoms with van der Waals surface area (Å²) >= 11 is 0. The van der Waals surface area contributed by atoms with Gasteiger partial charge in [0, 0.05) is 19.9 Å². The van der Waals surface area contributed by atoms with Crippen molar-refractivity contribution in [2.75, 3.05) is 26.6 Å².